The topological polar surface area (TPSA) is 101 Å². The van der Waals surface area contributed by atoms with Gasteiger partial charge in [0.05, 0.1) is 11.1 Å². The fraction of sp³-hybridized carbons (Fsp3) is 0.526. The Kier molecular flexibility index (Phi) is 3.50. The first-order chi connectivity index (χ1) is 12.5. The smallest absolute Gasteiger partial charge is 0.265 e. The number of nitrogens with two attached hydrogens (primary N) is 1. The van der Waals surface area contributed by atoms with Gasteiger partial charge in [-0.05, 0) is 62.3 Å². The third-order valence-corrected chi connectivity index (χ3v) is 7.25. The minimum Gasteiger partial charge on any atom is -0.364 e. The first-order valence-electron chi connectivity index (χ1n) is 9.26. The molecule has 2 aromatic heterocycles. The Balaban J connectivity index is 1.33. The van der Waals surface area contributed by atoms with E-state index >= 15 is 0 Å². The standard InChI is InChI=1S/C19H22N4O2S/c20-16(24)14-4-13(8-21-14)15-9-26-18(22-15)23-17(25)19-5-10-1-11(6-19)3-12(2-10)7-19/h4,8-12,21H,1-3,5-7H2,(H2,20,24)(H,22,23,25). The van der Waals surface area contributed by atoms with Crippen molar-refractivity contribution in [2.75, 3.05) is 5.32 Å². The first kappa shape index (κ1) is 16.1. The molecule has 4 aliphatic carbocycles. The van der Waals surface area contributed by atoms with E-state index < -0.39 is 5.91 Å². The summed E-state index contributed by atoms with van der Waals surface area (Å²) in [6, 6.07) is 1.68. The largest absolute Gasteiger partial charge is 0.364 e. The van der Waals surface area contributed by atoms with Gasteiger partial charge in [-0.3, -0.25) is 9.59 Å². The molecule has 0 saturated heterocycles. The van der Waals surface area contributed by atoms with Gasteiger partial charge in [-0.15, -0.1) is 11.3 Å². The lowest BCUT2D eigenvalue weighted by molar-refractivity contribution is -0.140. The van der Waals surface area contributed by atoms with Crippen LogP contribution in [0.15, 0.2) is 17.6 Å². The Morgan fingerprint density at radius 3 is 2.42 bits per heavy atom. The number of aromatic amines is 1. The Bertz CT molecular complexity index is 848. The van der Waals surface area contributed by atoms with Gasteiger partial charge in [0.25, 0.3) is 5.91 Å². The van der Waals surface area contributed by atoms with E-state index in [1.807, 2.05) is 5.38 Å². The highest BCUT2D eigenvalue weighted by molar-refractivity contribution is 7.14. The van der Waals surface area contributed by atoms with Crippen LogP contribution in [0.3, 0.4) is 0 Å². The number of nitrogens with zero attached hydrogens (tertiary/aromatic N) is 1. The summed E-state index contributed by atoms with van der Waals surface area (Å²) in [6.45, 7) is 0. The van der Waals surface area contributed by atoms with Gasteiger partial charge in [0.1, 0.15) is 5.69 Å². The van der Waals surface area contributed by atoms with E-state index in [0.29, 0.717) is 10.8 Å². The average Bonchev–Trinajstić information content (AvgIpc) is 3.22. The van der Waals surface area contributed by atoms with Crippen molar-refractivity contribution in [3.63, 3.8) is 0 Å². The molecular formula is C19H22N4O2S. The lowest BCUT2D eigenvalue weighted by atomic mass is 9.49. The van der Waals surface area contributed by atoms with Gasteiger partial charge < -0.3 is 16.0 Å². The van der Waals surface area contributed by atoms with E-state index in [2.05, 4.69) is 15.3 Å². The van der Waals surface area contributed by atoms with Crippen molar-refractivity contribution in [3.8, 4) is 11.3 Å². The molecular weight excluding hydrogens is 348 g/mol. The van der Waals surface area contributed by atoms with E-state index in [0.717, 1.165) is 48.3 Å². The molecule has 136 valence electrons. The zero-order chi connectivity index (χ0) is 17.9. The normalized spacial score (nSPS) is 31.9. The van der Waals surface area contributed by atoms with Crippen molar-refractivity contribution in [2.45, 2.75) is 38.5 Å². The SMILES string of the molecule is NC(=O)c1cc(-c2csc(NC(=O)C34CC5CC(CC(C5)C3)C4)n2)c[nH]1. The van der Waals surface area contributed by atoms with Gasteiger partial charge in [-0.25, -0.2) is 4.98 Å². The van der Waals surface area contributed by atoms with Crippen molar-refractivity contribution >= 4 is 28.3 Å². The third-order valence-electron chi connectivity index (χ3n) is 6.49. The second kappa shape index (κ2) is 5.67. The number of rotatable bonds is 4. The summed E-state index contributed by atoms with van der Waals surface area (Å²) in [5, 5.41) is 5.60. The molecule has 6 nitrogen and oxygen atoms in total. The average molecular weight is 370 g/mol. The number of hydrogen-bond donors (Lipinski definition) is 3. The summed E-state index contributed by atoms with van der Waals surface area (Å²) in [5.41, 5.74) is 6.99. The van der Waals surface area contributed by atoms with Crippen LogP contribution in [-0.2, 0) is 4.79 Å². The first-order valence-corrected chi connectivity index (χ1v) is 10.1. The predicted octanol–water partition coefficient (Wildman–Crippen LogP) is 3.39. The van der Waals surface area contributed by atoms with Gasteiger partial charge in [0.2, 0.25) is 5.91 Å². The fourth-order valence-corrected chi connectivity index (χ4v) is 6.48. The summed E-state index contributed by atoms with van der Waals surface area (Å²) in [6.07, 6.45) is 8.81. The predicted molar refractivity (Wildman–Crippen MR) is 99.7 cm³/mol. The molecule has 4 N–H and O–H groups in total. The van der Waals surface area contributed by atoms with Crippen molar-refractivity contribution < 1.29 is 9.59 Å². The molecule has 0 atom stereocenters. The van der Waals surface area contributed by atoms with Crippen LogP contribution in [0, 0.1) is 23.2 Å². The van der Waals surface area contributed by atoms with E-state index in [1.165, 1.54) is 30.6 Å². The minimum absolute atomic E-state index is 0.157. The molecule has 7 heteroatoms. The van der Waals surface area contributed by atoms with Crippen LogP contribution in [0.5, 0.6) is 0 Å². The number of carbonyl (C=O) groups is 2. The molecule has 0 spiro atoms. The zero-order valence-electron chi connectivity index (χ0n) is 14.5. The number of carbonyl (C=O) groups excluding carboxylic acids is 2. The number of hydrogen-bond acceptors (Lipinski definition) is 4. The summed E-state index contributed by atoms with van der Waals surface area (Å²) < 4.78 is 0. The molecule has 4 fully saturated rings. The monoisotopic (exact) mass is 370 g/mol. The van der Waals surface area contributed by atoms with Crippen molar-refractivity contribution in [1.82, 2.24) is 9.97 Å². The van der Waals surface area contributed by atoms with E-state index in [-0.39, 0.29) is 11.3 Å². The maximum atomic E-state index is 13.1. The lowest BCUT2D eigenvalue weighted by Crippen LogP contribution is -2.51. The Hall–Kier alpha value is -2.15. The molecule has 2 aromatic rings. The van der Waals surface area contributed by atoms with Gasteiger partial charge in [0, 0.05) is 17.1 Å². The van der Waals surface area contributed by atoms with Gasteiger partial charge in [0.15, 0.2) is 5.13 Å². The van der Waals surface area contributed by atoms with Crippen LogP contribution in [0.4, 0.5) is 5.13 Å². The minimum atomic E-state index is -0.498. The van der Waals surface area contributed by atoms with Crippen molar-refractivity contribution in [1.29, 1.82) is 0 Å². The summed E-state index contributed by atoms with van der Waals surface area (Å²) in [7, 11) is 0. The summed E-state index contributed by atoms with van der Waals surface area (Å²) >= 11 is 1.42. The van der Waals surface area contributed by atoms with Crippen LogP contribution >= 0.6 is 11.3 Å². The van der Waals surface area contributed by atoms with Gasteiger partial charge in [-0.1, -0.05) is 0 Å². The molecule has 6 rings (SSSR count). The van der Waals surface area contributed by atoms with Crippen LogP contribution in [0.25, 0.3) is 11.3 Å². The molecule has 4 saturated carbocycles. The van der Waals surface area contributed by atoms with E-state index in [1.54, 1.807) is 12.3 Å². The quantitative estimate of drug-likeness (QED) is 0.769. The molecule has 2 heterocycles. The van der Waals surface area contributed by atoms with E-state index in [4.69, 9.17) is 5.73 Å². The van der Waals surface area contributed by atoms with Crippen LogP contribution in [0.2, 0.25) is 0 Å². The Morgan fingerprint density at radius 2 is 1.85 bits per heavy atom. The lowest BCUT2D eigenvalue weighted by Gasteiger charge is -2.55. The second-order valence-corrected chi connectivity index (χ2v) is 9.21. The summed E-state index contributed by atoms with van der Waals surface area (Å²) in [4.78, 5) is 31.7. The molecule has 0 aromatic carbocycles. The maximum absolute atomic E-state index is 13.1. The molecule has 4 aliphatic rings. The molecule has 26 heavy (non-hydrogen) atoms. The third kappa shape index (κ3) is 2.57. The highest BCUT2D eigenvalue weighted by Crippen LogP contribution is 2.60. The Labute approximate surface area is 155 Å². The number of anilines is 1. The van der Waals surface area contributed by atoms with Crippen LogP contribution < -0.4 is 11.1 Å². The van der Waals surface area contributed by atoms with Gasteiger partial charge >= 0.3 is 0 Å². The van der Waals surface area contributed by atoms with Crippen molar-refractivity contribution in [2.24, 2.45) is 28.9 Å². The molecule has 4 bridgehead atoms. The number of H-pyrrole nitrogens is 1. The molecule has 0 unspecified atom stereocenters. The highest BCUT2D eigenvalue weighted by Gasteiger charge is 2.54. The maximum Gasteiger partial charge on any atom is 0.265 e. The highest BCUT2D eigenvalue weighted by atomic mass is 32.1. The molecule has 2 amide bonds. The number of thiazole rings is 1. The number of aromatic nitrogens is 2. The number of primary amides is 1. The molecule has 0 aliphatic heterocycles. The number of amides is 2. The second-order valence-electron chi connectivity index (χ2n) is 8.36. The van der Waals surface area contributed by atoms with Crippen LogP contribution in [0.1, 0.15) is 49.0 Å². The van der Waals surface area contributed by atoms with Gasteiger partial charge in [-0.2, -0.15) is 0 Å². The van der Waals surface area contributed by atoms with Crippen LogP contribution in [-0.4, -0.2) is 21.8 Å². The fourth-order valence-electron chi connectivity index (χ4n) is 5.77. The Morgan fingerprint density at radius 1 is 1.19 bits per heavy atom. The number of nitrogens with one attached hydrogen (secondary N) is 2. The van der Waals surface area contributed by atoms with E-state index in [9.17, 15) is 9.59 Å². The summed E-state index contributed by atoms with van der Waals surface area (Å²) in [5.74, 6) is 1.88. The zero-order valence-corrected chi connectivity index (χ0v) is 15.3. The van der Waals surface area contributed by atoms with Crippen molar-refractivity contribution in [3.05, 3.63) is 23.3 Å². The molecule has 0 radical (unpaired) electrons.